The van der Waals surface area contributed by atoms with Gasteiger partial charge in [0.25, 0.3) is 5.69 Å². The molecule has 132 valence electrons. The van der Waals surface area contributed by atoms with Gasteiger partial charge in [-0.2, -0.15) is 0 Å². The highest BCUT2D eigenvalue weighted by atomic mass is 16.6. The predicted molar refractivity (Wildman–Crippen MR) is 96.2 cm³/mol. The second-order valence-electron chi connectivity index (χ2n) is 5.36. The highest BCUT2D eigenvalue weighted by Crippen LogP contribution is 2.20. The van der Waals surface area contributed by atoms with Gasteiger partial charge in [-0.25, -0.2) is 0 Å². The molecule has 1 N–H and O–H groups in total. The van der Waals surface area contributed by atoms with Crippen LogP contribution >= 0.6 is 0 Å². The van der Waals surface area contributed by atoms with Crippen LogP contribution in [0.15, 0.2) is 71.9 Å². The summed E-state index contributed by atoms with van der Waals surface area (Å²) in [5, 5.41) is 19.7. The Bertz CT molecular complexity index is 888. The van der Waals surface area contributed by atoms with Crippen LogP contribution in [0.3, 0.4) is 0 Å². The predicted octanol–water partition coefficient (Wildman–Crippen LogP) is 2.73. The van der Waals surface area contributed by atoms with E-state index in [4.69, 9.17) is 5.11 Å². The Morgan fingerprint density at radius 2 is 1.73 bits per heavy atom. The molecule has 0 fully saturated rings. The summed E-state index contributed by atoms with van der Waals surface area (Å²) in [6.45, 7) is 1.62. The number of hydrogen-bond acceptors (Lipinski definition) is 6. The fourth-order valence-electron chi connectivity index (χ4n) is 2.17. The average Bonchev–Trinajstić information content (AvgIpc) is 2.66. The molecule has 1 aliphatic rings. The summed E-state index contributed by atoms with van der Waals surface area (Å²) in [5.41, 5.74) is 0.856. The highest BCUT2D eigenvalue weighted by Gasteiger charge is 2.20. The maximum absolute atomic E-state index is 12.1. The Kier molecular flexibility index (Phi) is 6.24. The van der Waals surface area contributed by atoms with Gasteiger partial charge in [0.15, 0.2) is 17.7 Å². The number of nitro groups is 1. The molecule has 0 aliphatic carbocycles. The highest BCUT2D eigenvalue weighted by molar-refractivity contribution is 6.13. The van der Waals surface area contributed by atoms with Crippen LogP contribution in [-0.2, 0) is 4.79 Å². The van der Waals surface area contributed by atoms with Crippen LogP contribution in [0.5, 0.6) is 0 Å². The summed E-state index contributed by atoms with van der Waals surface area (Å²) in [6, 6.07) is 14.5. The first kappa shape index (κ1) is 18.9. The molecule has 0 saturated heterocycles. The molecular formula is C19H16N2O5. The zero-order valence-corrected chi connectivity index (χ0v) is 13.9. The van der Waals surface area contributed by atoms with Crippen molar-refractivity contribution in [1.82, 2.24) is 0 Å². The van der Waals surface area contributed by atoms with Gasteiger partial charge < -0.3 is 5.11 Å². The van der Waals surface area contributed by atoms with E-state index >= 15 is 0 Å². The quantitative estimate of drug-likeness (QED) is 0.519. The Labute approximate surface area is 149 Å². The van der Waals surface area contributed by atoms with Crippen molar-refractivity contribution < 1.29 is 19.6 Å². The van der Waals surface area contributed by atoms with Crippen LogP contribution in [0.4, 0.5) is 5.69 Å². The van der Waals surface area contributed by atoms with Crippen LogP contribution in [-0.4, -0.2) is 33.4 Å². The van der Waals surface area contributed by atoms with Crippen molar-refractivity contribution in [3.05, 3.63) is 88.1 Å². The number of aliphatic hydroxyl groups excluding tert-OH is 1. The summed E-state index contributed by atoms with van der Waals surface area (Å²) < 4.78 is 0. The van der Waals surface area contributed by atoms with Crippen LogP contribution in [0.25, 0.3) is 0 Å². The number of hydrogen-bond donors (Lipinski definition) is 1. The smallest absolute Gasteiger partial charge is 0.280 e. The van der Waals surface area contributed by atoms with Gasteiger partial charge in [-0.05, 0) is 13.0 Å². The van der Waals surface area contributed by atoms with E-state index in [1.165, 1.54) is 24.4 Å². The minimum Gasteiger partial charge on any atom is -0.379 e. The lowest BCUT2D eigenvalue weighted by Crippen LogP contribution is -2.28. The minimum atomic E-state index is -1.00. The molecule has 2 aromatic rings. The van der Waals surface area contributed by atoms with E-state index in [2.05, 4.69) is 4.99 Å². The zero-order valence-electron chi connectivity index (χ0n) is 13.9. The van der Waals surface area contributed by atoms with E-state index in [1.54, 1.807) is 49.4 Å². The molecule has 1 atom stereocenters. The molecule has 0 aromatic heterocycles. The Hall–Kier alpha value is -3.45. The lowest BCUT2D eigenvalue weighted by atomic mass is 10.0. The van der Waals surface area contributed by atoms with Gasteiger partial charge in [0.05, 0.1) is 10.6 Å². The van der Waals surface area contributed by atoms with E-state index in [-0.39, 0.29) is 22.8 Å². The maximum atomic E-state index is 12.1. The minimum absolute atomic E-state index is 0.115. The second kappa shape index (κ2) is 8.59. The van der Waals surface area contributed by atoms with Gasteiger partial charge in [0, 0.05) is 23.9 Å². The number of para-hydroxylation sites is 1. The normalized spacial score (nSPS) is 15.5. The fourth-order valence-corrected chi connectivity index (χ4v) is 2.17. The van der Waals surface area contributed by atoms with Crippen molar-refractivity contribution >= 4 is 23.0 Å². The number of nitrogens with zero attached hydrogens (tertiary/aromatic N) is 2. The number of rotatable bonds is 3. The van der Waals surface area contributed by atoms with Gasteiger partial charge in [-0.1, -0.05) is 42.5 Å². The molecule has 1 heterocycles. The molecule has 26 heavy (non-hydrogen) atoms. The van der Waals surface area contributed by atoms with Crippen molar-refractivity contribution in [3.8, 4) is 0 Å². The van der Waals surface area contributed by atoms with Crippen LogP contribution in [0, 0.1) is 10.1 Å². The number of carbonyl (C=O) groups excluding carboxylic acids is 2. The summed E-state index contributed by atoms with van der Waals surface area (Å²) >= 11 is 0. The van der Waals surface area contributed by atoms with Crippen LogP contribution < -0.4 is 0 Å². The summed E-state index contributed by atoms with van der Waals surface area (Å²) in [4.78, 5) is 36.6. The fraction of sp³-hybridized carbons (Fsp3) is 0.105. The molecular weight excluding hydrogens is 336 g/mol. The van der Waals surface area contributed by atoms with Crippen LogP contribution in [0.2, 0.25) is 0 Å². The molecule has 0 radical (unpaired) electrons. The molecule has 0 amide bonds. The van der Waals surface area contributed by atoms with Crippen molar-refractivity contribution in [2.75, 3.05) is 0 Å². The molecule has 0 bridgehead atoms. The van der Waals surface area contributed by atoms with E-state index in [1.807, 2.05) is 0 Å². The Balaban J connectivity index is 0.000000228. The summed E-state index contributed by atoms with van der Waals surface area (Å²) in [5.74, 6) is -0.625. The van der Waals surface area contributed by atoms with Crippen molar-refractivity contribution in [3.63, 3.8) is 0 Å². The first-order valence-corrected chi connectivity index (χ1v) is 7.67. The number of nitro benzene ring substituents is 1. The first-order chi connectivity index (χ1) is 12.4. The second-order valence-corrected chi connectivity index (χ2v) is 5.36. The zero-order chi connectivity index (χ0) is 19.1. The van der Waals surface area contributed by atoms with E-state index in [0.29, 0.717) is 11.3 Å². The molecule has 7 heteroatoms. The molecule has 7 nitrogen and oxygen atoms in total. The van der Waals surface area contributed by atoms with Crippen LogP contribution in [0.1, 0.15) is 22.8 Å². The Morgan fingerprint density at radius 3 is 2.31 bits per heavy atom. The van der Waals surface area contributed by atoms with Crippen molar-refractivity contribution in [2.24, 2.45) is 4.99 Å². The van der Waals surface area contributed by atoms with Crippen molar-refractivity contribution in [2.45, 2.75) is 13.0 Å². The number of carbonyl (C=O) groups is 2. The van der Waals surface area contributed by atoms with Gasteiger partial charge in [-0.3, -0.25) is 24.7 Å². The third kappa shape index (κ3) is 4.55. The summed E-state index contributed by atoms with van der Waals surface area (Å²) in [7, 11) is 0. The lowest BCUT2D eigenvalue weighted by Gasteiger charge is -2.07. The molecule has 0 saturated carbocycles. The molecule has 1 aliphatic heterocycles. The number of aliphatic hydroxyl groups is 1. The van der Waals surface area contributed by atoms with Gasteiger partial charge >= 0.3 is 0 Å². The van der Waals surface area contributed by atoms with E-state index in [9.17, 15) is 19.7 Å². The Morgan fingerprint density at radius 1 is 1.12 bits per heavy atom. The average molecular weight is 352 g/mol. The van der Waals surface area contributed by atoms with Crippen molar-refractivity contribution in [1.29, 1.82) is 0 Å². The van der Waals surface area contributed by atoms with E-state index < -0.39 is 11.0 Å². The largest absolute Gasteiger partial charge is 0.379 e. The third-order valence-corrected chi connectivity index (χ3v) is 3.56. The molecule has 0 spiro atoms. The lowest BCUT2D eigenvalue weighted by molar-refractivity contribution is -0.385. The monoisotopic (exact) mass is 352 g/mol. The number of benzene rings is 2. The maximum Gasteiger partial charge on any atom is 0.280 e. The molecule has 2 aromatic carbocycles. The number of ketones is 2. The molecule has 1 unspecified atom stereocenters. The first-order valence-electron chi connectivity index (χ1n) is 7.67. The summed E-state index contributed by atoms with van der Waals surface area (Å²) in [6.07, 6.45) is 1.65. The SMILES string of the molecule is CC1=NC=CC(=O)C1O.O=C(c1ccccc1)c1ccccc1[N+](=O)[O-]. The topological polar surface area (TPSA) is 110 Å². The number of aliphatic imine (C=N–C) groups is 1. The third-order valence-electron chi connectivity index (χ3n) is 3.56. The van der Waals surface area contributed by atoms with Gasteiger partial charge in [0.2, 0.25) is 0 Å². The standard InChI is InChI=1S/C13H9NO3.C6H7NO2/c15-13(10-6-2-1-3-7-10)11-8-4-5-9-12(11)14(16)17;1-4-6(9)5(8)2-3-7-4/h1-9H;2-3,6,9H,1H3. The van der Waals surface area contributed by atoms with Gasteiger partial charge in [0.1, 0.15) is 5.56 Å². The van der Waals surface area contributed by atoms with Gasteiger partial charge in [-0.15, -0.1) is 0 Å². The molecule has 3 rings (SSSR count). The van der Waals surface area contributed by atoms with E-state index in [0.717, 1.165) is 0 Å².